The van der Waals surface area contributed by atoms with Gasteiger partial charge in [0.25, 0.3) is 0 Å². The predicted molar refractivity (Wildman–Crippen MR) is 109 cm³/mol. The Kier molecular flexibility index (Phi) is 8.19. The standard InChI is InChI=1S/C20H34N4O3/c1-20(2,16-6-7-17(25-4)18(14-16)26-5)15-23-19(21-3)22-8-9-24-10-12-27-13-11-24/h6-7,14H,8-13,15H2,1-5H3,(H2,21,22,23). The largest absolute Gasteiger partial charge is 0.493 e. The second kappa shape index (κ2) is 10.4. The number of hydrogen-bond acceptors (Lipinski definition) is 5. The van der Waals surface area contributed by atoms with E-state index in [1.165, 1.54) is 5.56 Å². The third-order valence-electron chi connectivity index (χ3n) is 4.91. The number of benzene rings is 1. The van der Waals surface area contributed by atoms with E-state index >= 15 is 0 Å². The fourth-order valence-corrected chi connectivity index (χ4v) is 3.04. The first-order chi connectivity index (χ1) is 13.0. The van der Waals surface area contributed by atoms with Crippen molar-refractivity contribution >= 4 is 5.96 Å². The van der Waals surface area contributed by atoms with Crippen LogP contribution in [0.5, 0.6) is 11.5 Å². The molecule has 0 radical (unpaired) electrons. The van der Waals surface area contributed by atoms with Crippen LogP contribution in [0.1, 0.15) is 19.4 Å². The molecule has 0 atom stereocenters. The lowest BCUT2D eigenvalue weighted by Gasteiger charge is -2.28. The number of hydrogen-bond donors (Lipinski definition) is 2. The number of nitrogens with one attached hydrogen (secondary N) is 2. The summed E-state index contributed by atoms with van der Waals surface area (Å²) in [4.78, 5) is 6.74. The van der Waals surface area contributed by atoms with Crippen molar-refractivity contribution in [2.24, 2.45) is 4.99 Å². The van der Waals surface area contributed by atoms with E-state index in [2.05, 4.69) is 40.4 Å². The minimum Gasteiger partial charge on any atom is -0.493 e. The normalized spacial score (nSPS) is 16.1. The van der Waals surface area contributed by atoms with Gasteiger partial charge >= 0.3 is 0 Å². The highest BCUT2D eigenvalue weighted by Crippen LogP contribution is 2.32. The van der Waals surface area contributed by atoms with Crippen molar-refractivity contribution in [1.29, 1.82) is 0 Å². The smallest absolute Gasteiger partial charge is 0.191 e. The molecule has 0 unspecified atom stereocenters. The van der Waals surface area contributed by atoms with E-state index in [-0.39, 0.29) is 5.41 Å². The second-order valence-corrected chi connectivity index (χ2v) is 7.26. The van der Waals surface area contributed by atoms with E-state index in [0.717, 1.165) is 63.4 Å². The first kappa shape index (κ1) is 21.3. The van der Waals surface area contributed by atoms with Crippen molar-refractivity contribution in [3.63, 3.8) is 0 Å². The summed E-state index contributed by atoms with van der Waals surface area (Å²) < 4.78 is 16.1. The van der Waals surface area contributed by atoms with Gasteiger partial charge in [0.15, 0.2) is 17.5 Å². The summed E-state index contributed by atoms with van der Waals surface area (Å²) >= 11 is 0. The number of rotatable bonds is 8. The minimum absolute atomic E-state index is 0.0959. The molecule has 1 heterocycles. The average molecular weight is 379 g/mol. The Labute approximate surface area is 163 Å². The summed E-state index contributed by atoms with van der Waals surface area (Å²) in [5, 5.41) is 6.83. The zero-order chi connectivity index (χ0) is 19.7. The molecular formula is C20H34N4O3. The highest BCUT2D eigenvalue weighted by Gasteiger charge is 2.22. The molecule has 0 amide bonds. The number of guanidine groups is 1. The number of ether oxygens (including phenoxy) is 3. The molecule has 0 bridgehead atoms. The quantitative estimate of drug-likeness (QED) is 0.528. The van der Waals surface area contributed by atoms with Gasteiger partial charge in [0.1, 0.15) is 0 Å². The molecule has 27 heavy (non-hydrogen) atoms. The van der Waals surface area contributed by atoms with E-state index in [0.29, 0.717) is 0 Å². The summed E-state index contributed by atoms with van der Waals surface area (Å²) in [6, 6.07) is 6.07. The molecule has 1 aromatic carbocycles. The molecular weight excluding hydrogens is 344 g/mol. The maximum atomic E-state index is 5.43. The van der Waals surface area contributed by atoms with Gasteiger partial charge in [0.2, 0.25) is 0 Å². The highest BCUT2D eigenvalue weighted by atomic mass is 16.5. The van der Waals surface area contributed by atoms with Gasteiger partial charge in [0, 0.05) is 45.2 Å². The number of methoxy groups -OCH3 is 2. The summed E-state index contributed by atoms with van der Waals surface area (Å²) in [6.07, 6.45) is 0. The summed E-state index contributed by atoms with van der Waals surface area (Å²) in [5.41, 5.74) is 1.08. The first-order valence-corrected chi connectivity index (χ1v) is 9.47. The van der Waals surface area contributed by atoms with E-state index in [1.54, 1.807) is 21.3 Å². The SMILES string of the molecule is CN=C(NCCN1CCOCC1)NCC(C)(C)c1ccc(OC)c(OC)c1. The van der Waals surface area contributed by atoms with E-state index < -0.39 is 0 Å². The van der Waals surface area contributed by atoms with Gasteiger partial charge < -0.3 is 24.8 Å². The Morgan fingerprint density at radius 3 is 2.48 bits per heavy atom. The summed E-state index contributed by atoms with van der Waals surface area (Å²) in [5.74, 6) is 2.30. The highest BCUT2D eigenvalue weighted by molar-refractivity contribution is 5.79. The van der Waals surface area contributed by atoms with Crippen molar-refractivity contribution < 1.29 is 14.2 Å². The van der Waals surface area contributed by atoms with Crippen LogP contribution in [-0.2, 0) is 10.2 Å². The van der Waals surface area contributed by atoms with Crippen LogP contribution in [0.4, 0.5) is 0 Å². The lowest BCUT2D eigenvalue weighted by molar-refractivity contribution is 0.0389. The lowest BCUT2D eigenvalue weighted by atomic mass is 9.84. The van der Waals surface area contributed by atoms with Crippen LogP contribution in [-0.4, -0.2) is 78.1 Å². The molecule has 7 nitrogen and oxygen atoms in total. The molecule has 0 saturated carbocycles. The van der Waals surface area contributed by atoms with Crippen LogP contribution in [0.3, 0.4) is 0 Å². The van der Waals surface area contributed by atoms with Crippen LogP contribution >= 0.6 is 0 Å². The van der Waals surface area contributed by atoms with Crippen molar-refractivity contribution in [2.45, 2.75) is 19.3 Å². The molecule has 2 N–H and O–H groups in total. The second-order valence-electron chi connectivity index (χ2n) is 7.26. The zero-order valence-electron chi connectivity index (χ0n) is 17.3. The fourth-order valence-electron chi connectivity index (χ4n) is 3.04. The van der Waals surface area contributed by atoms with E-state index in [4.69, 9.17) is 14.2 Å². The zero-order valence-corrected chi connectivity index (χ0v) is 17.3. The molecule has 1 fully saturated rings. The number of aliphatic imine (C=N–C) groups is 1. The maximum absolute atomic E-state index is 5.43. The molecule has 1 saturated heterocycles. The lowest BCUT2D eigenvalue weighted by Crippen LogP contribution is -2.46. The molecule has 1 aliphatic heterocycles. The minimum atomic E-state index is -0.0959. The van der Waals surface area contributed by atoms with Gasteiger partial charge in [-0.3, -0.25) is 9.89 Å². The molecule has 0 aromatic heterocycles. The molecule has 1 aliphatic rings. The molecule has 0 spiro atoms. The van der Waals surface area contributed by atoms with Gasteiger partial charge in [-0.05, 0) is 17.7 Å². The third kappa shape index (κ3) is 6.29. The Hall–Kier alpha value is -1.99. The average Bonchev–Trinajstić information content (AvgIpc) is 2.70. The van der Waals surface area contributed by atoms with Gasteiger partial charge in [-0.2, -0.15) is 0 Å². The van der Waals surface area contributed by atoms with Crippen molar-refractivity contribution in [1.82, 2.24) is 15.5 Å². The molecule has 1 aromatic rings. The molecule has 2 rings (SSSR count). The molecule has 7 heteroatoms. The van der Waals surface area contributed by atoms with Crippen LogP contribution in [0.15, 0.2) is 23.2 Å². The summed E-state index contributed by atoms with van der Waals surface area (Å²) in [6.45, 7) is 10.6. The van der Waals surface area contributed by atoms with E-state index in [9.17, 15) is 0 Å². The Morgan fingerprint density at radius 2 is 1.85 bits per heavy atom. The maximum Gasteiger partial charge on any atom is 0.191 e. The Morgan fingerprint density at radius 1 is 1.15 bits per heavy atom. The van der Waals surface area contributed by atoms with Crippen molar-refractivity contribution in [2.75, 3.05) is 67.2 Å². The van der Waals surface area contributed by atoms with Crippen LogP contribution < -0.4 is 20.1 Å². The predicted octanol–water partition coefficient (Wildman–Crippen LogP) is 1.48. The van der Waals surface area contributed by atoms with Gasteiger partial charge in [0.05, 0.1) is 27.4 Å². The number of morpholine rings is 1. The Balaban J connectivity index is 1.86. The van der Waals surface area contributed by atoms with Crippen LogP contribution in [0.2, 0.25) is 0 Å². The fraction of sp³-hybridized carbons (Fsp3) is 0.650. The third-order valence-corrected chi connectivity index (χ3v) is 4.91. The van der Waals surface area contributed by atoms with Gasteiger partial charge in [-0.1, -0.05) is 19.9 Å². The monoisotopic (exact) mass is 378 g/mol. The molecule has 0 aliphatic carbocycles. The van der Waals surface area contributed by atoms with Crippen LogP contribution in [0.25, 0.3) is 0 Å². The topological polar surface area (TPSA) is 67.4 Å². The Bertz CT molecular complexity index is 613. The van der Waals surface area contributed by atoms with Crippen molar-refractivity contribution in [3.8, 4) is 11.5 Å². The first-order valence-electron chi connectivity index (χ1n) is 9.47. The molecule has 152 valence electrons. The number of nitrogens with zero attached hydrogens (tertiary/aromatic N) is 2. The van der Waals surface area contributed by atoms with Crippen molar-refractivity contribution in [3.05, 3.63) is 23.8 Å². The van der Waals surface area contributed by atoms with E-state index in [1.807, 2.05) is 12.1 Å². The van der Waals surface area contributed by atoms with Gasteiger partial charge in [-0.15, -0.1) is 0 Å². The van der Waals surface area contributed by atoms with Gasteiger partial charge in [-0.25, -0.2) is 0 Å². The summed E-state index contributed by atoms with van der Waals surface area (Å²) in [7, 11) is 5.11. The van der Waals surface area contributed by atoms with Crippen LogP contribution in [0, 0.1) is 0 Å².